The Balaban J connectivity index is 2.40. The number of hydrogen-bond acceptors (Lipinski definition) is 1. The zero-order valence-electron chi connectivity index (χ0n) is 14.6. The molecule has 0 bridgehead atoms. The second-order valence-electron chi connectivity index (χ2n) is 8.55. The molecule has 1 aliphatic rings. The van der Waals surface area contributed by atoms with Crippen molar-refractivity contribution in [2.24, 2.45) is 16.2 Å². The highest BCUT2D eigenvalue weighted by atomic mass is 16.2. The second kappa shape index (κ2) is 6.49. The first-order valence-electron chi connectivity index (χ1n) is 8.43. The maximum atomic E-state index is 12.6. The van der Waals surface area contributed by atoms with Gasteiger partial charge < -0.3 is 5.32 Å². The lowest BCUT2D eigenvalue weighted by Gasteiger charge is -2.28. The predicted molar refractivity (Wildman–Crippen MR) is 86.7 cm³/mol. The fraction of sp³-hybridized carbons (Fsp3) is 0.944. The van der Waals surface area contributed by atoms with Gasteiger partial charge >= 0.3 is 0 Å². The molecule has 1 N–H and O–H groups in total. The van der Waals surface area contributed by atoms with Crippen molar-refractivity contribution in [3.8, 4) is 0 Å². The molecule has 0 spiro atoms. The Kier molecular flexibility index (Phi) is 5.69. The number of carbonyl (C=O) groups excluding carboxylic acids is 1. The molecule has 0 aromatic carbocycles. The van der Waals surface area contributed by atoms with E-state index in [9.17, 15) is 4.79 Å². The van der Waals surface area contributed by atoms with Crippen LogP contribution in [0, 0.1) is 16.2 Å². The summed E-state index contributed by atoms with van der Waals surface area (Å²) in [5, 5.41) is 3.20. The van der Waals surface area contributed by atoms with Gasteiger partial charge in [-0.05, 0) is 30.1 Å². The van der Waals surface area contributed by atoms with Gasteiger partial charge in [0, 0.05) is 6.54 Å². The van der Waals surface area contributed by atoms with Gasteiger partial charge in [0.15, 0.2) is 0 Å². The number of nitrogens with one attached hydrogen (secondary N) is 1. The fourth-order valence-corrected chi connectivity index (χ4v) is 3.48. The van der Waals surface area contributed by atoms with Crippen LogP contribution < -0.4 is 5.32 Å². The predicted octanol–water partition coefficient (Wildman–Crippen LogP) is 4.93. The summed E-state index contributed by atoms with van der Waals surface area (Å²) in [5.41, 5.74) is 0.271. The summed E-state index contributed by atoms with van der Waals surface area (Å²) in [6, 6.07) is 0. The van der Waals surface area contributed by atoms with Gasteiger partial charge in [-0.1, -0.05) is 67.2 Å². The fourth-order valence-electron chi connectivity index (χ4n) is 3.48. The minimum atomic E-state index is -0.116. The van der Waals surface area contributed by atoms with E-state index >= 15 is 0 Å². The lowest BCUT2D eigenvalue weighted by Crippen LogP contribution is -2.37. The van der Waals surface area contributed by atoms with Gasteiger partial charge in [-0.3, -0.25) is 4.79 Å². The monoisotopic (exact) mass is 281 g/mol. The first-order chi connectivity index (χ1) is 9.15. The van der Waals surface area contributed by atoms with Crippen LogP contribution in [0.2, 0.25) is 0 Å². The van der Waals surface area contributed by atoms with E-state index in [0.29, 0.717) is 5.91 Å². The number of amides is 1. The average Bonchev–Trinajstić information content (AvgIpc) is 2.83. The molecule has 0 saturated heterocycles. The Hall–Kier alpha value is -0.530. The van der Waals surface area contributed by atoms with Crippen LogP contribution in [0.25, 0.3) is 0 Å². The van der Waals surface area contributed by atoms with Crippen molar-refractivity contribution in [2.75, 3.05) is 6.54 Å². The van der Waals surface area contributed by atoms with Crippen LogP contribution in [0.5, 0.6) is 0 Å². The average molecular weight is 281 g/mol. The molecule has 20 heavy (non-hydrogen) atoms. The Morgan fingerprint density at radius 3 is 2.10 bits per heavy atom. The van der Waals surface area contributed by atoms with Crippen LogP contribution in [-0.4, -0.2) is 12.5 Å². The van der Waals surface area contributed by atoms with E-state index < -0.39 is 0 Å². The molecular formula is C18H35NO. The molecule has 0 heterocycles. The first kappa shape index (κ1) is 17.5. The summed E-state index contributed by atoms with van der Waals surface area (Å²) in [6.07, 6.45) is 8.28. The standard InChI is InChI=1S/C18H35NO/c1-7-8-9-10-11-12-19-15(20)18(13-16(2,3)4)14-17(18,5)6/h7-14H2,1-6H3,(H,19,20). The molecule has 1 amide bonds. The summed E-state index contributed by atoms with van der Waals surface area (Å²) in [4.78, 5) is 12.6. The number of unbranched alkanes of at least 4 members (excludes halogenated alkanes) is 4. The molecule has 0 aromatic heterocycles. The lowest BCUT2D eigenvalue weighted by atomic mass is 9.78. The number of hydrogen-bond donors (Lipinski definition) is 1. The van der Waals surface area contributed by atoms with E-state index in [1.165, 1.54) is 25.7 Å². The summed E-state index contributed by atoms with van der Waals surface area (Å²) in [5.74, 6) is 0.299. The molecule has 0 aromatic rings. The van der Waals surface area contributed by atoms with Crippen molar-refractivity contribution in [3.63, 3.8) is 0 Å². The molecule has 1 unspecified atom stereocenters. The molecule has 1 rings (SSSR count). The van der Waals surface area contributed by atoms with E-state index in [0.717, 1.165) is 25.8 Å². The van der Waals surface area contributed by atoms with Crippen molar-refractivity contribution >= 4 is 5.91 Å². The van der Waals surface area contributed by atoms with Gasteiger partial charge in [0.25, 0.3) is 0 Å². The highest BCUT2D eigenvalue weighted by Crippen LogP contribution is 2.67. The van der Waals surface area contributed by atoms with Gasteiger partial charge in [0.1, 0.15) is 0 Å². The third kappa shape index (κ3) is 4.49. The van der Waals surface area contributed by atoms with Crippen LogP contribution in [0.15, 0.2) is 0 Å². The van der Waals surface area contributed by atoms with E-state index in [4.69, 9.17) is 0 Å². The summed E-state index contributed by atoms with van der Waals surface area (Å²) in [7, 11) is 0. The molecule has 118 valence electrons. The molecular weight excluding hydrogens is 246 g/mol. The number of rotatable bonds is 8. The van der Waals surface area contributed by atoms with Crippen LogP contribution in [0.4, 0.5) is 0 Å². The van der Waals surface area contributed by atoms with Crippen molar-refractivity contribution in [2.45, 2.75) is 86.5 Å². The highest BCUT2D eigenvalue weighted by molar-refractivity contribution is 5.87. The minimum Gasteiger partial charge on any atom is -0.356 e. The van der Waals surface area contributed by atoms with E-state index in [1.54, 1.807) is 0 Å². The van der Waals surface area contributed by atoms with Crippen LogP contribution in [-0.2, 0) is 4.79 Å². The quantitative estimate of drug-likeness (QED) is 0.628. The van der Waals surface area contributed by atoms with Gasteiger partial charge in [-0.2, -0.15) is 0 Å². The molecule has 0 radical (unpaired) electrons. The zero-order valence-corrected chi connectivity index (χ0v) is 14.6. The largest absolute Gasteiger partial charge is 0.356 e. The smallest absolute Gasteiger partial charge is 0.226 e. The van der Waals surface area contributed by atoms with E-state index in [1.807, 2.05) is 0 Å². The summed E-state index contributed by atoms with van der Waals surface area (Å²) < 4.78 is 0. The van der Waals surface area contributed by atoms with Crippen molar-refractivity contribution < 1.29 is 4.79 Å². The molecule has 0 aliphatic heterocycles. The van der Waals surface area contributed by atoms with Crippen molar-refractivity contribution in [1.29, 1.82) is 0 Å². The van der Waals surface area contributed by atoms with Crippen molar-refractivity contribution in [3.05, 3.63) is 0 Å². The minimum absolute atomic E-state index is 0.116. The second-order valence-corrected chi connectivity index (χ2v) is 8.55. The Morgan fingerprint density at radius 2 is 1.65 bits per heavy atom. The zero-order chi connectivity index (χ0) is 15.4. The summed E-state index contributed by atoms with van der Waals surface area (Å²) >= 11 is 0. The van der Waals surface area contributed by atoms with Gasteiger partial charge in [-0.25, -0.2) is 0 Å². The molecule has 1 atom stereocenters. The van der Waals surface area contributed by atoms with Crippen LogP contribution >= 0.6 is 0 Å². The Labute approximate surface area is 126 Å². The highest BCUT2D eigenvalue weighted by Gasteiger charge is 2.66. The van der Waals surface area contributed by atoms with Gasteiger partial charge in [0.2, 0.25) is 5.91 Å². The molecule has 1 saturated carbocycles. The normalized spacial score (nSPS) is 24.5. The van der Waals surface area contributed by atoms with E-state index in [-0.39, 0.29) is 16.2 Å². The molecule has 2 nitrogen and oxygen atoms in total. The maximum Gasteiger partial charge on any atom is 0.226 e. The van der Waals surface area contributed by atoms with Crippen LogP contribution in [0.3, 0.4) is 0 Å². The summed E-state index contributed by atoms with van der Waals surface area (Å²) in [6.45, 7) is 14.3. The lowest BCUT2D eigenvalue weighted by molar-refractivity contribution is -0.128. The third-order valence-corrected chi connectivity index (χ3v) is 4.75. The van der Waals surface area contributed by atoms with Crippen molar-refractivity contribution in [1.82, 2.24) is 5.32 Å². The SMILES string of the molecule is CCCCCCCNC(=O)C1(CC(C)(C)C)CC1(C)C. The molecule has 1 fully saturated rings. The Morgan fingerprint density at radius 1 is 1.10 bits per heavy atom. The van der Waals surface area contributed by atoms with Gasteiger partial charge in [0.05, 0.1) is 5.41 Å². The number of carbonyl (C=O) groups is 1. The topological polar surface area (TPSA) is 29.1 Å². The van der Waals surface area contributed by atoms with Gasteiger partial charge in [-0.15, -0.1) is 0 Å². The molecule has 2 heteroatoms. The molecule has 1 aliphatic carbocycles. The third-order valence-electron chi connectivity index (χ3n) is 4.75. The van der Waals surface area contributed by atoms with E-state index in [2.05, 4.69) is 46.9 Å². The van der Waals surface area contributed by atoms with Crippen LogP contribution in [0.1, 0.15) is 86.5 Å². The first-order valence-corrected chi connectivity index (χ1v) is 8.43. The Bertz CT molecular complexity index is 327. The maximum absolute atomic E-state index is 12.6.